The zero-order valence-corrected chi connectivity index (χ0v) is 50.6. The highest BCUT2D eigenvalue weighted by molar-refractivity contribution is 5.72. The Kier molecular flexibility index (Phi) is 61.0. The van der Waals surface area contributed by atoms with Crippen molar-refractivity contribution in [2.45, 2.75) is 258 Å². The van der Waals surface area contributed by atoms with Crippen molar-refractivity contribution in [3.63, 3.8) is 0 Å². The Balaban J connectivity index is 4.35. The lowest BCUT2D eigenvalue weighted by Gasteiger charge is -2.17. The van der Waals surface area contributed by atoms with Gasteiger partial charge in [0.05, 0.1) is 12.8 Å². The molecule has 0 aromatic heterocycles. The van der Waals surface area contributed by atoms with Crippen molar-refractivity contribution in [1.82, 2.24) is 0 Å². The zero-order valence-electron chi connectivity index (χ0n) is 50.6. The van der Waals surface area contributed by atoms with E-state index in [1.165, 1.54) is 103 Å². The van der Waals surface area contributed by atoms with Gasteiger partial charge in [0.15, 0.2) is 6.10 Å². The number of carbonyl (C=O) groups is 3. The van der Waals surface area contributed by atoms with E-state index in [1.54, 1.807) is 12.2 Å². The normalized spacial score (nSPS) is 13.3. The quantitative estimate of drug-likeness (QED) is 0.0261. The van der Waals surface area contributed by atoms with Gasteiger partial charge in [-0.15, -0.1) is 0 Å². The number of hydrogen-bond acceptors (Lipinski definition) is 6. The fourth-order valence-electron chi connectivity index (χ4n) is 8.17. The number of ether oxygens (including phenoxy) is 3. The summed E-state index contributed by atoms with van der Waals surface area (Å²) in [6.07, 6.45) is 97.2. The lowest BCUT2D eigenvalue weighted by molar-refractivity contribution is -0.166. The molecule has 0 amide bonds. The second kappa shape index (κ2) is 65.3. The van der Waals surface area contributed by atoms with Crippen LogP contribution >= 0.6 is 0 Å². The average molecular weight is 1090 g/mol. The summed E-state index contributed by atoms with van der Waals surface area (Å²) in [6, 6.07) is 0. The summed E-state index contributed by atoms with van der Waals surface area (Å²) in [6.45, 7) is 6.12. The summed E-state index contributed by atoms with van der Waals surface area (Å²) < 4.78 is 16.7. The molecule has 0 aromatic carbocycles. The maximum atomic E-state index is 12.8. The minimum atomic E-state index is -0.880. The first-order chi connectivity index (χ1) is 39.0. The number of esters is 3. The maximum absolute atomic E-state index is 12.8. The van der Waals surface area contributed by atoms with E-state index in [0.717, 1.165) is 96.3 Å². The third kappa shape index (κ3) is 63.5. The molecule has 0 spiro atoms. The maximum Gasteiger partial charge on any atom is 0.310 e. The average Bonchev–Trinajstić information content (AvgIpc) is 3.45. The molecule has 0 aromatic rings. The van der Waals surface area contributed by atoms with Gasteiger partial charge in [0.2, 0.25) is 0 Å². The van der Waals surface area contributed by atoms with Crippen molar-refractivity contribution in [2.75, 3.05) is 13.2 Å². The predicted octanol–water partition coefficient (Wildman–Crippen LogP) is 21.9. The van der Waals surface area contributed by atoms with Gasteiger partial charge in [0, 0.05) is 6.42 Å². The van der Waals surface area contributed by atoms with E-state index < -0.39 is 18.0 Å². The van der Waals surface area contributed by atoms with Crippen molar-refractivity contribution in [2.24, 2.45) is 0 Å². The molecule has 0 aliphatic carbocycles. The van der Waals surface area contributed by atoms with E-state index in [4.69, 9.17) is 14.2 Å². The fourth-order valence-corrected chi connectivity index (χ4v) is 8.17. The first kappa shape index (κ1) is 73.8. The largest absolute Gasteiger partial charge is 0.462 e. The van der Waals surface area contributed by atoms with Gasteiger partial charge in [-0.25, -0.2) is 0 Å². The summed E-state index contributed by atoms with van der Waals surface area (Å²) in [5.41, 5.74) is 0. The highest BCUT2D eigenvalue weighted by Gasteiger charge is 2.19. The van der Waals surface area contributed by atoms with Gasteiger partial charge in [-0.3, -0.25) is 14.4 Å². The molecule has 0 aliphatic heterocycles. The predicted molar refractivity (Wildman–Crippen MR) is 343 cm³/mol. The van der Waals surface area contributed by atoms with Crippen molar-refractivity contribution >= 4 is 17.9 Å². The Morgan fingerprint density at radius 2 is 0.506 bits per heavy atom. The van der Waals surface area contributed by atoms with Crippen LogP contribution in [0.25, 0.3) is 0 Å². The van der Waals surface area contributed by atoms with Crippen molar-refractivity contribution < 1.29 is 28.6 Å². The molecule has 0 saturated heterocycles. The molecular weight excluding hydrogens is 973 g/mol. The van der Waals surface area contributed by atoms with Gasteiger partial charge in [-0.1, -0.05) is 294 Å². The lowest BCUT2D eigenvalue weighted by Crippen LogP contribution is -2.30. The van der Waals surface area contributed by atoms with Gasteiger partial charge in [0.25, 0.3) is 0 Å². The van der Waals surface area contributed by atoms with E-state index in [0.29, 0.717) is 19.3 Å². The number of carbonyl (C=O) groups excluding carboxylic acids is 3. The van der Waals surface area contributed by atoms with Crippen molar-refractivity contribution in [3.8, 4) is 0 Å². The van der Waals surface area contributed by atoms with Crippen LogP contribution in [0, 0.1) is 0 Å². The molecule has 0 fully saturated rings. The van der Waals surface area contributed by atoms with Gasteiger partial charge >= 0.3 is 17.9 Å². The molecule has 0 aliphatic rings. The first-order valence-corrected chi connectivity index (χ1v) is 31.6. The smallest absolute Gasteiger partial charge is 0.310 e. The monoisotopic (exact) mass is 1090 g/mol. The van der Waals surface area contributed by atoms with Crippen LogP contribution in [0.5, 0.6) is 0 Å². The third-order valence-corrected chi connectivity index (χ3v) is 12.8. The van der Waals surface area contributed by atoms with E-state index >= 15 is 0 Å². The standard InChI is InChI=1S/C73H114O6/c1-4-7-10-13-16-19-22-25-28-29-30-31-32-33-34-35-36-37-38-39-40-41-42-43-46-48-51-54-57-60-63-66-72(75)78-69-70(79-73(76)67-64-61-58-55-52-49-45-27-24-21-18-15-12-9-6-3)68-77-71(74)65-62-59-56-53-50-47-44-26-23-20-17-14-11-8-5-2/h7-12,16-21,25-28,30-31,44-45,50,52-53,55,59,61-62,64,70H,4-6,13-15,22-24,29,32-43,46-49,51,54,56-58,60,63,65-69H2,1-3H3/b10-7-,11-8-,12-9-,19-16-,20-17-,21-18-,28-25-,31-30-,44-26-,45-27-,53-50-,55-52-,62-59-,64-61-. The lowest BCUT2D eigenvalue weighted by atomic mass is 10.0. The molecular formula is C73H114O6. The summed E-state index contributed by atoms with van der Waals surface area (Å²) in [4.78, 5) is 38.1. The van der Waals surface area contributed by atoms with E-state index in [9.17, 15) is 14.4 Å². The molecule has 0 N–H and O–H groups in total. The molecule has 6 heteroatoms. The fraction of sp³-hybridized carbons (Fsp3) is 0.575. The zero-order chi connectivity index (χ0) is 57.1. The van der Waals surface area contributed by atoms with Crippen LogP contribution in [0.1, 0.15) is 252 Å². The topological polar surface area (TPSA) is 78.9 Å². The summed E-state index contributed by atoms with van der Waals surface area (Å²) in [5, 5.41) is 0. The number of hydrogen-bond donors (Lipinski definition) is 0. The number of rotatable bonds is 55. The number of allylic oxidation sites excluding steroid dienone is 26. The Bertz CT molecular complexity index is 1820. The number of unbranched alkanes of at least 4 members (excludes halogenated alkanes) is 18. The first-order valence-electron chi connectivity index (χ1n) is 31.6. The van der Waals surface area contributed by atoms with Crippen LogP contribution in [0.4, 0.5) is 0 Å². The minimum absolute atomic E-state index is 0.0712. The van der Waals surface area contributed by atoms with Crippen molar-refractivity contribution in [1.29, 1.82) is 0 Å². The second-order valence-electron chi connectivity index (χ2n) is 20.2. The van der Waals surface area contributed by atoms with E-state index in [2.05, 4.69) is 167 Å². The van der Waals surface area contributed by atoms with Crippen molar-refractivity contribution in [3.05, 3.63) is 170 Å². The summed E-state index contributed by atoms with van der Waals surface area (Å²) >= 11 is 0. The Hall–Kier alpha value is -5.23. The highest BCUT2D eigenvalue weighted by atomic mass is 16.6. The van der Waals surface area contributed by atoms with Gasteiger partial charge < -0.3 is 14.2 Å². The SMILES string of the molecule is CC/C=C\C/C=C\C/C=C\C/C=C\C/C=C\CC(=O)OCC(COC(=O)CCCCCCCCCCCCCCCCCCCC/C=C\C/C=C\C/C=C\C/C=C\CC)OC(=O)C/C=C\C/C=C\C/C=C\C/C=C\C/C=C\CC. The molecule has 0 bridgehead atoms. The molecule has 6 nitrogen and oxygen atoms in total. The summed E-state index contributed by atoms with van der Waals surface area (Å²) in [7, 11) is 0. The molecule has 1 atom stereocenters. The Labute approximate surface area is 485 Å². The van der Waals surface area contributed by atoms with Crippen LogP contribution in [0.15, 0.2) is 170 Å². The van der Waals surface area contributed by atoms with Crippen LogP contribution in [0.2, 0.25) is 0 Å². The second-order valence-corrected chi connectivity index (χ2v) is 20.2. The van der Waals surface area contributed by atoms with E-state index in [-0.39, 0.29) is 32.0 Å². The van der Waals surface area contributed by atoms with Crippen LogP contribution < -0.4 is 0 Å². The molecule has 0 rings (SSSR count). The highest BCUT2D eigenvalue weighted by Crippen LogP contribution is 2.16. The third-order valence-electron chi connectivity index (χ3n) is 12.8. The Morgan fingerprint density at radius 3 is 0.823 bits per heavy atom. The summed E-state index contributed by atoms with van der Waals surface area (Å²) in [5.74, 6) is -1.22. The molecule has 1 unspecified atom stereocenters. The Morgan fingerprint density at radius 1 is 0.266 bits per heavy atom. The molecule has 0 radical (unpaired) electrons. The minimum Gasteiger partial charge on any atom is -0.462 e. The van der Waals surface area contributed by atoms with Crippen LogP contribution in [-0.2, 0) is 28.6 Å². The van der Waals surface area contributed by atoms with Gasteiger partial charge in [0.1, 0.15) is 13.2 Å². The molecule has 0 heterocycles. The molecule has 442 valence electrons. The van der Waals surface area contributed by atoms with Crippen LogP contribution in [-0.4, -0.2) is 37.2 Å². The molecule has 79 heavy (non-hydrogen) atoms. The van der Waals surface area contributed by atoms with Gasteiger partial charge in [-0.2, -0.15) is 0 Å². The van der Waals surface area contributed by atoms with E-state index in [1.807, 2.05) is 12.2 Å². The van der Waals surface area contributed by atoms with Gasteiger partial charge in [-0.05, 0) is 109 Å². The van der Waals surface area contributed by atoms with Crippen LogP contribution in [0.3, 0.4) is 0 Å². The molecule has 0 saturated carbocycles.